The largest absolute Gasteiger partial charge is 0.468 e. The Morgan fingerprint density at radius 2 is 2.40 bits per heavy atom. The molecule has 4 nitrogen and oxygen atoms in total. The number of hydrogen-bond acceptors (Lipinski definition) is 4. The molecule has 1 aromatic carbocycles. The number of carbonyl (C=O) groups excluding carboxylic acids is 1. The minimum absolute atomic E-state index is 0.232. The molecule has 2 rings (SSSR count). The highest BCUT2D eigenvalue weighted by molar-refractivity contribution is 5.77. The lowest BCUT2D eigenvalue weighted by Crippen LogP contribution is -2.42. The standard InChI is InChI=1S/C11H14N2O2/c1-15-11(14)10-5-8-7(6-13-10)3-2-4-9(8)12/h2-4,10,13H,5-6,12H2,1H3/t10-/m1/s1. The summed E-state index contributed by atoms with van der Waals surface area (Å²) in [5.41, 5.74) is 8.84. The van der Waals surface area contributed by atoms with Crippen molar-refractivity contribution in [1.82, 2.24) is 5.32 Å². The molecule has 1 aromatic rings. The second-order valence-corrected chi connectivity index (χ2v) is 3.65. The van der Waals surface area contributed by atoms with E-state index < -0.39 is 0 Å². The number of methoxy groups -OCH3 is 1. The number of nitrogens with two attached hydrogens (primary N) is 1. The van der Waals surface area contributed by atoms with Gasteiger partial charge in [-0.15, -0.1) is 0 Å². The Kier molecular flexibility index (Phi) is 2.60. The molecular weight excluding hydrogens is 192 g/mol. The average Bonchev–Trinajstić information content (AvgIpc) is 2.28. The maximum Gasteiger partial charge on any atom is 0.323 e. The van der Waals surface area contributed by atoms with Gasteiger partial charge >= 0.3 is 5.97 Å². The van der Waals surface area contributed by atoms with Crippen molar-refractivity contribution in [2.75, 3.05) is 12.8 Å². The lowest BCUT2D eigenvalue weighted by Gasteiger charge is -2.25. The summed E-state index contributed by atoms with van der Waals surface area (Å²) in [5, 5.41) is 3.12. The van der Waals surface area contributed by atoms with Gasteiger partial charge in [-0.05, 0) is 17.2 Å². The molecule has 0 radical (unpaired) electrons. The molecule has 0 bridgehead atoms. The topological polar surface area (TPSA) is 64.3 Å². The number of anilines is 1. The van der Waals surface area contributed by atoms with E-state index in [4.69, 9.17) is 10.5 Å². The monoisotopic (exact) mass is 206 g/mol. The zero-order valence-electron chi connectivity index (χ0n) is 8.62. The van der Waals surface area contributed by atoms with Crippen LogP contribution in [-0.4, -0.2) is 19.1 Å². The Balaban J connectivity index is 2.26. The molecule has 0 aliphatic carbocycles. The van der Waals surface area contributed by atoms with E-state index in [-0.39, 0.29) is 12.0 Å². The number of benzene rings is 1. The zero-order valence-corrected chi connectivity index (χ0v) is 8.62. The summed E-state index contributed by atoms with van der Waals surface area (Å²) in [6.07, 6.45) is 0.606. The van der Waals surface area contributed by atoms with Gasteiger partial charge in [-0.3, -0.25) is 4.79 Å². The van der Waals surface area contributed by atoms with Gasteiger partial charge in [-0.25, -0.2) is 0 Å². The van der Waals surface area contributed by atoms with Gasteiger partial charge in [0.25, 0.3) is 0 Å². The molecule has 4 heteroatoms. The van der Waals surface area contributed by atoms with Crippen molar-refractivity contribution in [2.24, 2.45) is 0 Å². The fraction of sp³-hybridized carbons (Fsp3) is 0.364. The SMILES string of the molecule is COC(=O)[C@H]1Cc2c(N)cccc2CN1. The van der Waals surface area contributed by atoms with Crippen molar-refractivity contribution in [2.45, 2.75) is 19.0 Å². The van der Waals surface area contributed by atoms with Crippen LogP contribution < -0.4 is 11.1 Å². The van der Waals surface area contributed by atoms with E-state index in [0.29, 0.717) is 13.0 Å². The van der Waals surface area contributed by atoms with Gasteiger partial charge in [-0.2, -0.15) is 0 Å². The van der Waals surface area contributed by atoms with Crippen molar-refractivity contribution < 1.29 is 9.53 Å². The summed E-state index contributed by atoms with van der Waals surface area (Å²) in [5.74, 6) is -0.232. The van der Waals surface area contributed by atoms with E-state index in [1.807, 2.05) is 18.2 Å². The molecule has 0 unspecified atom stereocenters. The Hall–Kier alpha value is -1.55. The first kappa shape index (κ1) is 9.98. The average molecular weight is 206 g/mol. The lowest BCUT2D eigenvalue weighted by molar-refractivity contribution is -0.143. The van der Waals surface area contributed by atoms with Crippen molar-refractivity contribution in [1.29, 1.82) is 0 Å². The molecule has 0 saturated heterocycles. The predicted octanol–water partition coefficient (Wildman–Crippen LogP) is 0.456. The third-order valence-corrected chi connectivity index (χ3v) is 2.74. The smallest absolute Gasteiger partial charge is 0.323 e. The fourth-order valence-electron chi connectivity index (χ4n) is 1.89. The molecule has 80 valence electrons. The lowest BCUT2D eigenvalue weighted by atomic mass is 9.94. The maximum absolute atomic E-state index is 11.4. The van der Waals surface area contributed by atoms with E-state index in [1.165, 1.54) is 7.11 Å². The van der Waals surface area contributed by atoms with Crippen molar-refractivity contribution in [3.05, 3.63) is 29.3 Å². The first-order valence-electron chi connectivity index (χ1n) is 4.90. The second-order valence-electron chi connectivity index (χ2n) is 3.65. The Labute approximate surface area is 88.4 Å². The first-order valence-corrected chi connectivity index (χ1v) is 4.90. The Morgan fingerprint density at radius 1 is 1.60 bits per heavy atom. The number of nitrogens with one attached hydrogen (secondary N) is 1. The molecule has 0 spiro atoms. The van der Waals surface area contributed by atoms with Gasteiger partial charge in [-0.1, -0.05) is 12.1 Å². The van der Waals surface area contributed by atoms with E-state index in [9.17, 15) is 4.79 Å². The van der Waals surface area contributed by atoms with Crippen LogP contribution in [0.5, 0.6) is 0 Å². The quantitative estimate of drug-likeness (QED) is 0.517. The van der Waals surface area contributed by atoms with Crippen LogP contribution >= 0.6 is 0 Å². The number of esters is 1. The van der Waals surface area contributed by atoms with Crippen LogP contribution in [-0.2, 0) is 22.5 Å². The minimum atomic E-state index is -0.271. The maximum atomic E-state index is 11.4. The van der Waals surface area contributed by atoms with Crippen LogP contribution in [0.15, 0.2) is 18.2 Å². The molecule has 3 N–H and O–H groups in total. The molecule has 0 amide bonds. The normalized spacial score (nSPS) is 19.4. The highest BCUT2D eigenvalue weighted by atomic mass is 16.5. The fourth-order valence-corrected chi connectivity index (χ4v) is 1.89. The van der Waals surface area contributed by atoms with Crippen LogP contribution in [0.2, 0.25) is 0 Å². The van der Waals surface area contributed by atoms with Crippen molar-refractivity contribution in [3.63, 3.8) is 0 Å². The van der Waals surface area contributed by atoms with Gasteiger partial charge in [0, 0.05) is 18.7 Å². The number of ether oxygens (including phenoxy) is 1. The van der Waals surface area contributed by atoms with Gasteiger partial charge < -0.3 is 15.8 Å². The number of hydrogen-bond donors (Lipinski definition) is 2. The third-order valence-electron chi connectivity index (χ3n) is 2.74. The molecule has 0 saturated carbocycles. The van der Waals surface area contributed by atoms with Crippen LogP contribution in [0, 0.1) is 0 Å². The molecule has 0 fully saturated rings. The van der Waals surface area contributed by atoms with Crippen molar-refractivity contribution in [3.8, 4) is 0 Å². The third kappa shape index (κ3) is 1.80. The molecule has 1 heterocycles. The molecule has 1 aliphatic rings. The Morgan fingerprint density at radius 3 is 3.13 bits per heavy atom. The highest BCUT2D eigenvalue weighted by Gasteiger charge is 2.25. The summed E-state index contributed by atoms with van der Waals surface area (Å²) in [6.45, 7) is 0.667. The van der Waals surface area contributed by atoms with E-state index in [2.05, 4.69) is 5.32 Å². The summed E-state index contributed by atoms with van der Waals surface area (Å²) in [4.78, 5) is 11.4. The number of carbonyl (C=O) groups is 1. The summed E-state index contributed by atoms with van der Waals surface area (Å²) >= 11 is 0. The van der Waals surface area contributed by atoms with Crippen LogP contribution in [0.25, 0.3) is 0 Å². The van der Waals surface area contributed by atoms with Crippen molar-refractivity contribution >= 4 is 11.7 Å². The Bertz CT molecular complexity index is 390. The van der Waals surface area contributed by atoms with Gasteiger partial charge in [0.05, 0.1) is 7.11 Å². The highest BCUT2D eigenvalue weighted by Crippen LogP contribution is 2.22. The summed E-state index contributed by atoms with van der Waals surface area (Å²) in [6, 6.07) is 5.53. The second kappa shape index (κ2) is 3.90. The van der Waals surface area contributed by atoms with Crippen LogP contribution in [0.1, 0.15) is 11.1 Å². The summed E-state index contributed by atoms with van der Waals surface area (Å²) < 4.78 is 4.70. The first-order chi connectivity index (χ1) is 7.22. The molecule has 1 atom stereocenters. The van der Waals surface area contributed by atoms with Gasteiger partial charge in [0.2, 0.25) is 0 Å². The molecule has 0 aromatic heterocycles. The number of fused-ring (bicyclic) bond motifs is 1. The number of nitrogen functional groups attached to an aromatic ring is 1. The zero-order chi connectivity index (χ0) is 10.8. The molecular formula is C11H14N2O2. The van der Waals surface area contributed by atoms with Crippen LogP contribution in [0.3, 0.4) is 0 Å². The van der Waals surface area contributed by atoms with E-state index in [1.54, 1.807) is 0 Å². The van der Waals surface area contributed by atoms with E-state index in [0.717, 1.165) is 16.8 Å². The van der Waals surface area contributed by atoms with Gasteiger partial charge in [0.1, 0.15) is 6.04 Å². The minimum Gasteiger partial charge on any atom is -0.468 e. The van der Waals surface area contributed by atoms with E-state index >= 15 is 0 Å². The van der Waals surface area contributed by atoms with Crippen LogP contribution in [0.4, 0.5) is 5.69 Å². The molecule has 15 heavy (non-hydrogen) atoms. The predicted molar refractivity (Wildman–Crippen MR) is 57.2 cm³/mol. The molecule has 1 aliphatic heterocycles. The summed E-state index contributed by atoms with van der Waals surface area (Å²) in [7, 11) is 1.40. The number of rotatable bonds is 1. The van der Waals surface area contributed by atoms with Gasteiger partial charge in [0.15, 0.2) is 0 Å².